The predicted molar refractivity (Wildman–Crippen MR) is 85.6 cm³/mol. The van der Waals surface area contributed by atoms with E-state index in [0.29, 0.717) is 17.4 Å². The standard InChI is InChI=1S/C16H26N2O2S/c1-13-3-2-4-15(8-5-13)18-21(19,20)16-9-6-14(7-10-16)11-12-17/h6-7,9-10,13,15,18H,2-5,8,11-12,17H2,1H3. The highest BCUT2D eigenvalue weighted by Gasteiger charge is 2.22. The van der Waals surface area contributed by atoms with Gasteiger partial charge in [-0.1, -0.05) is 31.9 Å². The van der Waals surface area contributed by atoms with Gasteiger partial charge in [-0.3, -0.25) is 0 Å². The first kappa shape index (κ1) is 16.5. The Morgan fingerprint density at radius 2 is 1.86 bits per heavy atom. The van der Waals surface area contributed by atoms with E-state index in [9.17, 15) is 8.42 Å². The second kappa shape index (κ2) is 7.38. The van der Waals surface area contributed by atoms with Gasteiger partial charge in [0.1, 0.15) is 0 Å². The molecule has 4 nitrogen and oxygen atoms in total. The minimum Gasteiger partial charge on any atom is -0.330 e. The highest BCUT2D eigenvalue weighted by atomic mass is 32.2. The number of nitrogens with two attached hydrogens (primary N) is 1. The lowest BCUT2D eigenvalue weighted by Crippen LogP contribution is -2.34. The lowest BCUT2D eigenvalue weighted by atomic mass is 10.0. The number of sulfonamides is 1. The molecule has 0 spiro atoms. The molecule has 0 amide bonds. The van der Waals surface area contributed by atoms with E-state index in [1.54, 1.807) is 12.1 Å². The van der Waals surface area contributed by atoms with Crippen molar-refractivity contribution in [1.82, 2.24) is 4.72 Å². The predicted octanol–water partition coefficient (Wildman–Crippen LogP) is 2.43. The second-order valence-corrected chi connectivity index (χ2v) is 7.83. The van der Waals surface area contributed by atoms with Crippen LogP contribution in [-0.4, -0.2) is 21.0 Å². The molecule has 0 radical (unpaired) electrons. The summed E-state index contributed by atoms with van der Waals surface area (Å²) in [7, 11) is -3.41. The summed E-state index contributed by atoms with van der Waals surface area (Å²) in [6.07, 6.45) is 6.05. The first-order chi connectivity index (χ1) is 10.0. The van der Waals surface area contributed by atoms with Gasteiger partial charge in [-0.2, -0.15) is 0 Å². The second-order valence-electron chi connectivity index (χ2n) is 6.11. The van der Waals surface area contributed by atoms with Gasteiger partial charge in [0, 0.05) is 6.04 Å². The van der Waals surface area contributed by atoms with Crippen LogP contribution in [0.2, 0.25) is 0 Å². The Balaban J connectivity index is 2.03. The van der Waals surface area contributed by atoms with Crippen molar-refractivity contribution in [2.45, 2.75) is 56.4 Å². The topological polar surface area (TPSA) is 72.2 Å². The van der Waals surface area contributed by atoms with Crippen LogP contribution in [0.4, 0.5) is 0 Å². The van der Waals surface area contributed by atoms with Crippen molar-refractivity contribution in [1.29, 1.82) is 0 Å². The van der Waals surface area contributed by atoms with Crippen molar-refractivity contribution in [3.8, 4) is 0 Å². The highest BCUT2D eigenvalue weighted by molar-refractivity contribution is 7.89. The van der Waals surface area contributed by atoms with E-state index in [0.717, 1.165) is 37.7 Å². The summed E-state index contributed by atoms with van der Waals surface area (Å²) in [4.78, 5) is 0.348. The fourth-order valence-corrected chi connectivity index (χ4v) is 4.20. The van der Waals surface area contributed by atoms with Gasteiger partial charge >= 0.3 is 0 Å². The average Bonchev–Trinajstić information content (AvgIpc) is 2.64. The van der Waals surface area contributed by atoms with E-state index in [4.69, 9.17) is 5.73 Å². The quantitative estimate of drug-likeness (QED) is 0.821. The molecule has 118 valence electrons. The van der Waals surface area contributed by atoms with Crippen molar-refractivity contribution in [3.63, 3.8) is 0 Å². The van der Waals surface area contributed by atoms with Crippen molar-refractivity contribution in [2.75, 3.05) is 6.54 Å². The largest absolute Gasteiger partial charge is 0.330 e. The van der Waals surface area contributed by atoms with Crippen molar-refractivity contribution in [3.05, 3.63) is 29.8 Å². The zero-order valence-corrected chi connectivity index (χ0v) is 13.5. The van der Waals surface area contributed by atoms with Crippen LogP contribution in [-0.2, 0) is 16.4 Å². The molecule has 0 aliphatic heterocycles. The number of benzene rings is 1. The van der Waals surface area contributed by atoms with Crippen LogP contribution in [0.25, 0.3) is 0 Å². The third-order valence-corrected chi connectivity index (χ3v) is 5.78. The van der Waals surface area contributed by atoms with Gasteiger partial charge in [-0.25, -0.2) is 13.1 Å². The van der Waals surface area contributed by atoms with Gasteiger partial charge in [0.05, 0.1) is 4.90 Å². The van der Waals surface area contributed by atoms with Gasteiger partial charge < -0.3 is 5.73 Å². The van der Waals surface area contributed by atoms with Crippen molar-refractivity contribution in [2.24, 2.45) is 11.7 Å². The molecule has 1 aromatic rings. The number of hydrogen-bond donors (Lipinski definition) is 2. The molecule has 2 unspecified atom stereocenters. The molecule has 1 aliphatic rings. The van der Waals surface area contributed by atoms with E-state index in [1.807, 2.05) is 12.1 Å². The van der Waals surface area contributed by atoms with Gasteiger partial charge in [0.25, 0.3) is 0 Å². The van der Waals surface area contributed by atoms with E-state index in [1.165, 1.54) is 6.42 Å². The summed E-state index contributed by atoms with van der Waals surface area (Å²) in [6, 6.07) is 7.11. The van der Waals surface area contributed by atoms with Crippen LogP contribution in [0.5, 0.6) is 0 Å². The van der Waals surface area contributed by atoms with Crippen LogP contribution in [0.15, 0.2) is 29.2 Å². The highest BCUT2D eigenvalue weighted by Crippen LogP contribution is 2.24. The van der Waals surface area contributed by atoms with Crippen molar-refractivity contribution >= 4 is 10.0 Å². The van der Waals surface area contributed by atoms with Gasteiger partial charge in [0.15, 0.2) is 0 Å². The summed E-state index contributed by atoms with van der Waals surface area (Å²) >= 11 is 0. The minimum absolute atomic E-state index is 0.0728. The number of rotatable bonds is 5. The van der Waals surface area contributed by atoms with E-state index < -0.39 is 10.0 Å². The van der Waals surface area contributed by atoms with E-state index in [-0.39, 0.29) is 6.04 Å². The summed E-state index contributed by atoms with van der Waals surface area (Å²) in [6.45, 7) is 2.82. The zero-order chi connectivity index (χ0) is 15.3. The SMILES string of the molecule is CC1CCCC(NS(=O)(=O)c2ccc(CCN)cc2)CC1. The summed E-state index contributed by atoms with van der Waals surface area (Å²) in [5.74, 6) is 0.704. The molecule has 1 fully saturated rings. The minimum atomic E-state index is -3.41. The maximum Gasteiger partial charge on any atom is 0.240 e. The summed E-state index contributed by atoms with van der Waals surface area (Å²) < 4.78 is 27.7. The third-order valence-electron chi connectivity index (χ3n) is 4.25. The molecule has 3 N–H and O–H groups in total. The van der Waals surface area contributed by atoms with Gasteiger partial charge in [-0.05, 0) is 55.8 Å². The molecule has 1 aliphatic carbocycles. The average molecular weight is 310 g/mol. The summed E-state index contributed by atoms with van der Waals surface area (Å²) in [5.41, 5.74) is 6.57. The monoisotopic (exact) mass is 310 g/mol. The Bertz CT molecular complexity index is 540. The Morgan fingerprint density at radius 3 is 2.52 bits per heavy atom. The maximum atomic E-state index is 12.4. The van der Waals surface area contributed by atoms with E-state index in [2.05, 4.69) is 11.6 Å². The van der Waals surface area contributed by atoms with Gasteiger partial charge in [0.2, 0.25) is 10.0 Å². The molecule has 2 atom stereocenters. The van der Waals surface area contributed by atoms with E-state index >= 15 is 0 Å². The molecular weight excluding hydrogens is 284 g/mol. The molecule has 1 aromatic carbocycles. The number of hydrogen-bond acceptors (Lipinski definition) is 3. The lowest BCUT2D eigenvalue weighted by molar-refractivity contribution is 0.484. The fraction of sp³-hybridized carbons (Fsp3) is 0.625. The van der Waals surface area contributed by atoms with Crippen molar-refractivity contribution < 1.29 is 8.42 Å². The van der Waals surface area contributed by atoms with Gasteiger partial charge in [-0.15, -0.1) is 0 Å². The lowest BCUT2D eigenvalue weighted by Gasteiger charge is -2.16. The number of nitrogens with one attached hydrogen (secondary N) is 1. The summed E-state index contributed by atoms with van der Waals surface area (Å²) in [5, 5.41) is 0. The fourth-order valence-electron chi connectivity index (χ4n) is 2.89. The smallest absolute Gasteiger partial charge is 0.240 e. The zero-order valence-electron chi connectivity index (χ0n) is 12.7. The van der Waals surface area contributed by atoms with Crippen LogP contribution < -0.4 is 10.5 Å². The van der Waals surface area contributed by atoms with Crippen LogP contribution in [0.1, 0.15) is 44.6 Å². The molecular formula is C16H26N2O2S. The molecule has 0 saturated heterocycles. The van der Waals surface area contributed by atoms with Crippen LogP contribution >= 0.6 is 0 Å². The molecule has 1 saturated carbocycles. The first-order valence-corrected chi connectivity index (χ1v) is 9.31. The maximum absolute atomic E-state index is 12.4. The molecule has 2 rings (SSSR count). The molecule has 5 heteroatoms. The Kier molecular flexibility index (Phi) is 5.79. The molecule has 21 heavy (non-hydrogen) atoms. The Morgan fingerprint density at radius 1 is 1.14 bits per heavy atom. The Labute approximate surface area is 128 Å². The first-order valence-electron chi connectivity index (χ1n) is 7.82. The van der Waals surface area contributed by atoms with Crippen LogP contribution in [0.3, 0.4) is 0 Å². The van der Waals surface area contributed by atoms with Crippen LogP contribution in [0, 0.1) is 5.92 Å². The molecule has 0 aromatic heterocycles. The third kappa shape index (κ3) is 4.80. The molecule has 0 bridgehead atoms. The normalized spacial score (nSPS) is 23.7. The molecule has 0 heterocycles. The Hall–Kier alpha value is -0.910.